The van der Waals surface area contributed by atoms with Crippen LogP contribution in [0.1, 0.15) is 11.5 Å². The van der Waals surface area contributed by atoms with Gasteiger partial charge in [0.15, 0.2) is 0 Å². The number of hydrogen-bond donors (Lipinski definition) is 0. The van der Waals surface area contributed by atoms with Crippen molar-refractivity contribution < 1.29 is 35.7 Å². The molecule has 1 aliphatic heterocycles. The Morgan fingerprint density at radius 1 is 1.17 bits per heavy atom. The molecule has 0 radical (unpaired) electrons. The lowest BCUT2D eigenvalue weighted by Gasteiger charge is -2.33. The van der Waals surface area contributed by atoms with E-state index in [0.29, 0.717) is 22.9 Å². The predicted octanol–water partition coefficient (Wildman–Crippen LogP) is 4.09. The maximum Gasteiger partial charge on any atom is 0.470 e. The normalized spacial score (nSPS) is 14.7. The molecule has 3 aromatic rings. The fourth-order valence-electron chi connectivity index (χ4n) is 3.54. The van der Waals surface area contributed by atoms with Crippen molar-refractivity contribution in [1.29, 1.82) is 0 Å². The van der Waals surface area contributed by atoms with Gasteiger partial charge in [0.1, 0.15) is 11.6 Å². The van der Waals surface area contributed by atoms with Crippen molar-refractivity contribution in [3.8, 4) is 17.2 Å². The van der Waals surface area contributed by atoms with Gasteiger partial charge in [-0.05, 0) is 24.3 Å². The van der Waals surface area contributed by atoms with Crippen LogP contribution in [0.15, 0.2) is 46.9 Å². The zero-order valence-corrected chi connectivity index (χ0v) is 19.2. The van der Waals surface area contributed by atoms with E-state index < -0.39 is 40.6 Å². The maximum absolute atomic E-state index is 15.1. The summed E-state index contributed by atoms with van der Waals surface area (Å²) in [7, 11) is 0.450. The Balaban J connectivity index is 1.64. The molecule has 1 saturated heterocycles. The predicted molar refractivity (Wildman–Crippen MR) is 119 cm³/mol. The van der Waals surface area contributed by atoms with E-state index in [0.717, 1.165) is 6.07 Å². The highest BCUT2D eigenvalue weighted by Crippen LogP contribution is 2.33. The Hall–Kier alpha value is -3.48. The number of benzene rings is 2. The number of anilines is 1. The third kappa shape index (κ3) is 5.45. The Labute approximate surface area is 199 Å². The van der Waals surface area contributed by atoms with Gasteiger partial charge in [0.25, 0.3) is 0 Å². The summed E-state index contributed by atoms with van der Waals surface area (Å²) in [6.45, 7) is 0.386. The van der Waals surface area contributed by atoms with E-state index >= 15 is 4.39 Å². The number of carbonyl (C=O) groups excluding carboxylic acids is 1. The van der Waals surface area contributed by atoms with Crippen molar-refractivity contribution in [2.45, 2.75) is 12.7 Å². The number of hydrogen-bond acceptors (Lipinski definition) is 6. The van der Waals surface area contributed by atoms with Gasteiger partial charge in [-0.2, -0.15) is 13.2 Å². The van der Waals surface area contributed by atoms with Gasteiger partial charge in [0.2, 0.25) is 5.89 Å². The van der Waals surface area contributed by atoms with E-state index in [9.17, 15) is 22.2 Å². The fraction of sp³-hybridized carbons (Fsp3) is 0.318. The summed E-state index contributed by atoms with van der Waals surface area (Å²) in [6, 6.07) is 9.97. The molecule has 8 nitrogen and oxygen atoms in total. The molecule has 2 amide bonds. The van der Waals surface area contributed by atoms with E-state index in [4.69, 9.17) is 4.74 Å². The first-order chi connectivity index (χ1) is 16.7. The van der Waals surface area contributed by atoms with Crippen LogP contribution in [0.2, 0.25) is 0 Å². The first-order valence-electron chi connectivity index (χ1n) is 10.4. The zero-order valence-electron chi connectivity index (χ0n) is 18.4. The molecule has 1 aromatic heterocycles. The van der Waals surface area contributed by atoms with E-state index in [2.05, 4.69) is 14.6 Å². The van der Waals surface area contributed by atoms with Gasteiger partial charge in [-0.3, -0.25) is 9.11 Å². The van der Waals surface area contributed by atoms with Crippen LogP contribution in [0, 0.1) is 5.82 Å². The standard InChI is InChI=1S/C22H20F4N4O4S/c1-33-18-5-3-2-4-17(18)30(21(31)29-8-10-35(32)11-9-29)13-15-7-6-14(12-16(15)23)19-27-28-20(34-19)22(24,25)26/h2-7,12H,8-11,13H2,1H3. The molecule has 0 unspecified atom stereocenters. The number of methoxy groups -OCH3 is 1. The van der Waals surface area contributed by atoms with Crippen LogP contribution in [0.4, 0.5) is 28.0 Å². The molecule has 2 aromatic carbocycles. The summed E-state index contributed by atoms with van der Waals surface area (Å²) in [5.41, 5.74) is 0.467. The van der Waals surface area contributed by atoms with Crippen molar-refractivity contribution >= 4 is 22.5 Å². The minimum absolute atomic E-state index is 0.0390. The van der Waals surface area contributed by atoms with Crippen molar-refractivity contribution in [1.82, 2.24) is 15.1 Å². The number of alkyl halides is 3. The lowest BCUT2D eigenvalue weighted by Crippen LogP contribution is -2.48. The number of aromatic nitrogens is 2. The molecule has 0 atom stereocenters. The molecule has 0 spiro atoms. The molecule has 186 valence electrons. The molecule has 0 bridgehead atoms. The quantitative estimate of drug-likeness (QED) is 0.479. The summed E-state index contributed by atoms with van der Waals surface area (Å²) in [4.78, 5) is 16.3. The van der Waals surface area contributed by atoms with E-state index in [1.807, 2.05) is 0 Å². The number of carbonyl (C=O) groups is 1. The summed E-state index contributed by atoms with van der Waals surface area (Å²) in [6.07, 6.45) is -4.82. The zero-order chi connectivity index (χ0) is 25.2. The molecule has 35 heavy (non-hydrogen) atoms. The van der Waals surface area contributed by atoms with Crippen molar-refractivity contribution in [2.24, 2.45) is 0 Å². The minimum atomic E-state index is -4.82. The van der Waals surface area contributed by atoms with Crippen LogP contribution in [0.5, 0.6) is 5.75 Å². The number of rotatable bonds is 5. The summed E-state index contributed by atoms with van der Waals surface area (Å²) < 4.78 is 75.0. The Morgan fingerprint density at radius 2 is 1.89 bits per heavy atom. The number of ether oxygens (including phenoxy) is 1. The van der Waals surface area contributed by atoms with Gasteiger partial charge < -0.3 is 14.1 Å². The third-order valence-corrected chi connectivity index (χ3v) is 6.63. The Kier molecular flexibility index (Phi) is 7.05. The molecule has 2 heterocycles. The van der Waals surface area contributed by atoms with Crippen LogP contribution in [-0.4, -0.2) is 57.0 Å². The molecular weight excluding hydrogens is 492 g/mol. The number of urea groups is 1. The van der Waals surface area contributed by atoms with Crippen LogP contribution in [0.25, 0.3) is 11.5 Å². The third-order valence-electron chi connectivity index (χ3n) is 5.35. The van der Waals surface area contributed by atoms with E-state index in [-0.39, 0.29) is 30.8 Å². The van der Waals surface area contributed by atoms with E-state index in [1.165, 1.54) is 29.0 Å². The first kappa shape index (κ1) is 24.6. The highest BCUT2D eigenvalue weighted by molar-refractivity contribution is 7.85. The average molecular weight is 512 g/mol. The second-order valence-electron chi connectivity index (χ2n) is 7.59. The summed E-state index contributed by atoms with van der Waals surface area (Å²) in [5.74, 6) is -1.71. The van der Waals surface area contributed by atoms with Crippen LogP contribution in [-0.2, 0) is 23.5 Å². The van der Waals surface area contributed by atoms with Crippen LogP contribution < -0.4 is 9.64 Å². The minimum Gasteiger partial charge on any atom is -0.495 e. The van der Waals surface area contributed by atoms with Gasteiger partial charge in [0.05, 0.1) is 19.3 Å². The maximum atomic E-state index is 15.1. The lowest BCUT2D eigenvalue weighted by molar-refractivity contribution is -0.156. The molecule has 1 fully saturated rings. The Morgan fingerprint density at radius 3 is 2.51 bits per heavy atom. The van der Waals surface area contributed by atoms with Crippen molar-refractivity contribution in [3.05, 3.63) is 59.7 Å². The topological polar surface area (TPSA) is 88.8 Å². The molecule has 13 heteroatoms. The molecule has 4 rings (SSSR count). The molecule has 0 aliphatic carbocycles. The SMILES string of the molecule is COc1ccccc1N(Cc1ccc(-c2nnc(C(F)(F)F)o2)cc1F)C(=O)N1CCS(=O)CC1. The Bertz CT molecular complexity index is 1240. The first-order valence-corrected chi connectivity index (χ1v) is 11.9. The lowest BCUT2D eigenvalue weighted by atomic mass is 10.1. The molecule has 0 saturated carbocycles. The van der Waals surface area contributed by atoms with Gasteiger partial charge in [-0.15, -0.1) is 10.2 Å². The number of nitrogens with zero attached hydrogens (tertiary/aromatic N) is 4. The number of amides is 2. The monoisotopic (exact) mass is 512 g/mol. The van der Waals surface area contributed by atoms with Gasteiger partial charge in [-0.25, -0.2) is 9.18 Å². The highest BCUT2D eigenvalue weighted by Gasteiger charge is 2.38. The molecule has 1 aliphatic rings. The van der Waals surface area contributed by atoms with Gasteiger partial charge in [-0.1, -0.05) is 18.2 Å². The number of para-hydroxylation sites is 2. The average Bonchev–Trinajstić information content (AvgIpc) is 3.34. The molecule has 0 N–H and O–H groups in total. The highest BCUT2D eigenvalue weighted by atomic mass is 32.2. The van der Waals surface area contributed by atoms with Crippen molar-refractivity contribution in [2.75, 3.05) is 36.6 Å². The second kappa shape index (κ2) is 10.0. The number of halogens is 4. The molecular formula is C22H20F4N4O4S. The largest absolute Gasteiger partial charge is 0.495 e. The van der Waals surface area contributed by atoms with Crippen molar-refractivity contribution in [3.63, 3.8) is 0 Å². The smallest absolute Gasteiger partial charge is 0.470 e. The van der Waals surface area contributed by atoms with Gasteiger partial charge in [0, 0.05) is 46.5 Å². The fourth-order valence-corrected chi connectivity index (χ4v) is 4.59. The van der Waals surface area contributed by atoms with E-state index in [1.54, 1.807) is 24.3 Å². The van der Waals surface area contributed by atoms with Gasteiger partial charge >= 0.3 is 18.1 Å². The van der Waals surface area contributed by atoms with Crippen LogP contribution in [0.3, 0.4) is 0 Å². The second-order valence-corrected chi connectivity index (χ2v) is 9.29. The van der Waals surface area contributed by atoms with Crippen LogP contribution >= 0.6 is 0 Å². The summed E-state index contributed by atoms with van der Waals surface area (Å²) >= 11 is 0. The summed E-state index contributed by atoms with van der Waals surface area (Å²) in [5, 5.41) is 6.28.